The van der Waals surface area contributed by atoms with Gasteiger partial charge < -0.3 is 0 Å². The van der Waals surface area contributed by atoms with E-state index in [1.54, 1.807) is 10.7 Å². The summed E-state index contributed by atoms with van der Waals surface area (Å²) in [5.74, 6) is 0. The Morgan fingerprint density at radius 1 is 1.14 bits per heavy atom. The Hall–Kier alpha value is -2.17. The lowest BCUT2D eigenvalue weighted by molar-refractivity contribution is 0.756. The first-order valence-corrected chi connectivity index (χ1v) is 7.60. The molecule has 102 valence electrons. The Labute approximate surface area is 133 Å². The summed E-state index contributed by atoms with van der Waals surface area (Å²) in [4.78, 5) is 0.804. The van der Waals surface area contributed by atoms with Crippen molar-refractivity contribution in [3.63, 3.8) is 0 Å². The molecule has 1 aromatic heterocycles. The van der Waals surface area contributed by atoms with Gasteiger partial charge in [-0.05, 0) is 52.5 Å². The number of hydrogen-bond donors (Lipinski definition) is 0. The van der Waals surface area contributed by atoms with Crippen molar-refractivity contribution in [3.05, 3.63) is 58.6 Å². The highest BCUT2D eigenvalue weighted by Crippen LogP contribution is 2.31. The standard InChI is InChI=1S/C14H8BrN5S/c15-11-7-6-10(9-16)13(8-11)21-14-17-18-19-20(14)12-4-2-1-3-5-12/h1-8H. The third kappa shape index (κ3) is 2.96. The van der Waals surface area contributed by atoms with Gasteiger partial charge in [-0.15, -0.1) is 5.10 Å². The molecule has 0 radical (unpaired) electrons. The van der Waals surface area contributed by atoms with Crippen molar-refractivity contribution in [1.29, 1.82) is 5.26 Å². The lowest BCUT2D eigenvalue weighted by Gasteiger charge is -2.05. The van der Waals surface area contributed by atoms with E-state index in [0.29, 0.717) is 10.7 Å². The first-order valence-electron chi connectivity index (χ1n) is 5.99. The highest BCUT2D eigenvalue weighted by Gasteiger charge is 2.12. The number of hydrogen-bond acceptors (Lipinski definition) is 5. The minimum Gasteiger partial charge on any atom is -0.192 e. The average molecular weight is 358 g/mol. The van der Waals surface area contributed by atoms with Crippen molar-refractivity contribution >= 4 is 27.7 Å². The van der Waals surface area contributed by atoms with Crippen LogP contribution >= 0.6 is 27.7 Å². The molecule has 0 aliphatic heterocycles. The molecular weight excluding hydrogens is 350 g/mol. The zero-order chi connectivity index (χ0) is 14.7. The molecule has 7 heteroatoms. The molecule has 0 aliphatic carbocycles. The molecule has 0 atom stereocenters. The molecule has 1 heterocycles. The third-order valence-electron chi connectivity index (χ3n) is 2.71. The number of benzene rings is 2. The molecule has 0 aliphatic rings. The van der Waals surface area contributed by atoms with Crippen molar-refractivity contribution in [2.24, 2.45) is 0 Å². The van der Waals surface area contributed by atoms with Crippen LogP contribution in [0.2, 0.25) is 0 Å². The van der Waals surface area contributed by atoms with Crippen molar-refractivity contribution in [3.8, 4) is 11.8 Å². The van der Waals surface area contributed by atoms with Crippen LogP contribution in [0.5, 0.6) is 0 Å². The molecule has 0 amide bonds. The largest absolute Gasteiger partial charge is 0.218 e. The topological polar surface area (TPSA) is 67.4 Å². The lowest BCUT2D eigenvalue weighted by atomic mass is 10.2. The maximum absolute atomic E-state index is 9.19. The first kappa shape index (κ1) is 13.8. The van der Waals surface area contributed by atoms with E-state index >= 15 is 0 Å². The van der Waals surface area contributed by atoms with Crippen LogP contribution in [0.4, 0.5) is 0 Å². The van der Waals surface area contributed by atoms with Gasteiger partial charge in [-0.2, -0.15) is 9.94 Å². The fourth-order valence-electron chi connectivity index (χ4n) is 1.75. The van der Waals surface area contributed by atoms with Crippen molar-refractivity contribution in [2.45, 2.75) is 10.1 Å². The first-order chi connectivity index (χ1) is 10.3. The fourth-order valence-corrected chi connectivity index (χ4v) is 3.17. The molecule has 0 spiro atoms. The van der Waals surface area contributed by atoms with E-state index in [-0.39, 0.29) is 0 Å². The minimum absolute atomic E-state index is 0.589. The number of halogens is 1. The van der Waals surface area contributed by atoms with Gasteiger partial charge in [0.15, 0.2) is 0 Å². The highest BCUT2D eigenvalue weighted by molar-refractivity contribution is 9.10. The van der Waals surface area contributed by atoms with Gasteiger partial charge in [0.1, 0.15) is 6.07 Å². The van der Waals surface area contributed by atoms with E-state index < -0.39 is 0 Å². The van der Waals surface area contributed by atoms with Crippen molar-refractivity contribution in [1.82, 2.24) is 20.2 Å². The highest BCUT2D eigenvalue weighted by atomic mass is 79.9. The second-order valence-corrected chi connectivity index (χ2v) is 5.99. The minimum atomic E-state index is 0.589. The van der Waals surface area contributed by atoms with Gasteiger partial charge in [0.05, 0.1) is 11.3 Å². The Morgan fingerprint density at radius 3 is 2.71 bits per heavy atom. The summed E-state index contributed by atoms with van der Waals surface area (Å²) < 4.78 is 2.55. The van der Waals surface area contributed by atoms with Gasteiger partial charge in [0, 0.05) is 9.37 Å². The molecule has 0 unspecified atom stereocenters. The van der Waals surface area contributed by atoms with E-state index in [9.17, 15) is 5.26 Å². The lowest BCUT2D eigenvalue weighted by Crippen LogP contribution is -1.98. The van der Waals surface area contributed by atoms with Gasteiger partial charge in [0.2, 0.25) is 5.16 Å². The number of nitriles is 1. The monoisotopic (exact) mass is 357 g/mol. The van der Waals surface area contributed by atoms with Gasteiger partial charge >= 0.3 is 0 Å². The second-order valence-electron chi connectivity index (χ2n) is 4.06. The van der Waals surface area contributed by atoms with Crippen LogP contribution in [-0.4, -0.2) is 20.2 Å². The summed E-state index contributed by atoms with van der Waals surface area (Å²) in [6, 6.07) is 17.3. The summed E-state index contributed by atoms with van der Waals surface area (Å²) >= 11 is 4.77. The van der Waals surface area contributed by atoms with E-state index in [1.807, 2.05) is 42.5 Å². The molecule has 0 saturated carbocycles. The molecule has 3 aromatic rings. The molecule has 2 aromatic carbocycles. The molecular formula is C14H8BrN5S. The van der Waals surface area contributed by atoms with Gasteiger partial charge in [0.25, 0.3) is 0 Å². The zero-order valence-electron chi connectivity index (χ0n) is 10.6. The summed E-state index contributed by atoms with van der Waals surface area (Å²) in [7, 11) is 0. The predicted molar refractivity (Wildman–Crippen MR) is 82.1 cm³/mol. The molecule has 0 N–H and O–H groups in total. The zero-order valence-corrected chi connectivity index (χ0v) is 13.0. The number of para-hydroxylation sites is 1. The molecule has 3 rings (SSSR count). The summed E-state index contributed by atoms with van der Waals surface area (Å²) in [6.07, 6.45) is 0. The Balaban J connectivity index is 2.00. The molecule has 0 saturated heterocycles. The van der Waals surface area contributed by atoms with Crippen LogP contribution in [0.15, 0.2) is 63.1 Å². The maximum atomic E-state index is 9.19. The molecule has 21 heavy (non-hydrogen) atoms. The van der Waals surface area contributed by atoms with Crippen LogP contribution < -0.4 is 0 Å². The van der Waals surface area contributed by atoms with Gasteiger partial charge in [-0.3, -0.25) is 0 Å². The second kappa shape index (κ2) is 6.08. The normalized spacial score (nSPS) is 10.3. The third-order valence-corrected chi connectivity index (χ3v) is 4.20. The van der Waals surface area contributed by atoms with Crippen molar-refractivity contribution < 1.29 is 0 Å². The number of nitrogens with zero attached hydrogens (tertiary/aromatic N) is 5. The Bertz CT molecular complexity index is 810. The number of rotatable bonds is 3. The Kier molecular flexibility index (Phi) is 3.99. The number of aromatic nitrogens is 4. The van der Waals surface area contributed by atoms with E-state index in [0.717, 1.165) is 15.1 Å². The van der Waals surface area contributed by atoms with Gasteiger partial charge in [-0.25, -0.2) is 0 Å². The maximum Gasteiger partial charge on any atom is 0.218 e. The van der Waals surface area contributed by atoms with Crippen LogP contribution in [0, 0.1) is 11.3 Å². The molecule has 5 nitrogen and oxygen atoms in total. The summed E-state index contributed by atoms with van der Waals surface area (Å²) in [5.41, 5.74) is 1.46. The SMILES string of the molecule is N#Cc1ccc(Br)cc1Sc1nnnn1-c1ccccc1. The summed E-state index contributed by atoms with van der Waals surface area (Å²) in [5, 5.41) is 21.5. The number of tetrazole rings is 1. The van der Waals surface area contributed by atoms with Gasteiger partial charge in [-0.1, -0.05) is 34.1 Å². The molecule has 0 fully saturated rings. The van der Waals surface area contributed by atoms with E-state index in [1.165, 1.54) is 11.8 Å². The van der Waals surface area contributed by atoms with E-state index in [2.05, 4.69) is 37.5 Å². The quantitative estimate of drug-likeness (QED) is 0.717. The Morgan fingerprint density at radius 2 is 1.95 bits per heavy atom. The van der Waals surface area contributed by atoms with Crippen molar-refractivity contribution in [2.75, 3.05) is 0 Å². The van der Waals surface area contributed by atoms with Crippen LogP contribution in [0.3, 0.4) is 0 Å². The predicted octanol–water partition coefficient (Wildman–Crippen LogP) is 3.45. The van der Waals surface area contributed by atoms with Crippen LogP contribution in [0.1, 0.15) is 5.56 Å². The van der Waals surface area contributed by atoms with Crippen LogP contribution in [-0.2, 0) is 0 Å². The smallest absolute Gasteiger partial charge is 0.192 e. The average Bonchev–Trinajstić information content (AvgIpc) is 2.96. The van der Waals surface area contributed by atoms with E-state index in [4.69, 9.17) is 0 Å². The summed E-state index contributed by atoms with van der Waals surface area (Å²) in [6.45, 7) is 0. The van der Waals surface area contributed by atoms with Crippen LogP contribution in [0.25, 0.3) is 5.69 Å². The fraction of sp³-hybridized carbons (Fsp3) is 0. The molecule has 0 bridgehead atoms.